The zero-order valence-electron chi connectivity index (χ0n) is 16.6. The van der Waals surface area contributed by atoms with Crippen molar-refractivity contribution in [3.63, 3.8) is 0 Å². The smallest absolute Gasteiger partial charge is 0.352 e. The molecule has 2 aliphatic heterocycles. The zero-order chi connectivity index (χ0) is 21.8. The molecule has 0 amide bonds. The fourth-order valence-corrected chi connectivity index (χ4v) is 4.64. The number of hydrogen-bond donors (Lipinski definition) is 0. The quantitative estimate of drug-likeness (QED) is 0.666. The van der Waals surface area contributed by atoms with Gasteiger partial charge in [-0.3, -0.25) is 4.57 Å². The minimum atomic E-state index is -2.87. The third kappa shape index (κ3) is 3.83. The first-order valence-electron chi connectivity index (χ1n) is 10.3. The average molecular weight is 439 g/mol. The second-order valence-corrected chi connectivity index (χ2v) is 8.35. The van der Waals surface area contributed by atoms with Crippen LogP contribution in [-0.2, 0) is 13.2 Å². The summed E-state index contributed by atoms with van der Waals surface area (Å²) in [6, 6.07) is 4.02. The van der Waals surface area contributed by atoms with Crippen molar-refractivity contribution < 1.29 is 27.0 Å². The van der Waals surface area contributed by atoms with Gasteiger partial charge in [0.1, 0.15) is 18.5 Å². The van der Waals surface area contributed by atoms with Gasteiger partial charge in [-0.2, -0.15) is 4.98 Å². The highest BCUT2D eigenvalue weighted by atomic mass is 19.3. The molecule has 1 aliphatic carbocycles. The lowest BCUT2D eigenvalue weighted by Gasteiger charge is -2.17. The molecule has 6 nitrogen and oxygen atoms in total. The Morgan fingerprint density at radius 3 is 2.65 bits per heavy atom. The summed E-state index contributed by atoms with van der Waals surface area (Å²) in [6.07, 6.45) is 0.256. The molecule has 5 rings (SSSR count). The maximum atomic E-state index is 14.4. The van der Waals surface area contributed by atoms with Gasteiger partial charge in [0.2, 0.25) is 5.88 Å². The number of hydrogen-bond acceptors (Lipinski definition) is 5. The maximum absolute atomic E-state index is 14.4. The highest BCUT2D eigenvalue weighted by Gasteiger charge is 2.41. The summed E-state index contributed by atoms with van der Waals surface area (Å²) >= 11 is 0. The van der Waals surface area contributed by atoms with E-state index in [2.05, 4.69) is 9.88 Å². The molecular formula is C21H21F4N3O3. The maximum Gasteiger partial charge on any atom is 0.352 e. The van der Waals surface area contributed by atoms with Crippen LogP contribution >= 0.6 is 0 Å². The molecule has 2 atom stereocenters. The van der Waals surface area contributed by atoms with Crippen molar-refractivity contribution in [3.8, 4) is 11.6 Å². The molecule has 2 fully saturated rings. The van der Waals surface area contributed by atoms with Crippen LogP contribution < -0.4 is 20.1 Å². The molecule has 31 heavy (non-hydrogen) atoms. The Morgan fingerprint density at radius 2 is 1.94 bits per heavy atom. The standard InChI is InChI=1S/C21H21F4N3O3/c22-15-6-12(7-16(23)19(15)31-14-3-4-21(24,25)9-14)11-30-17-8-18-27-5-1-2-13(27)10-28(18)20(29)26-17/h6-8,13-14H,1-5,9-11H2. The van der Waals surface area contributed by atoms with Crippen LogP contribution in [0.2, 0.25) is 0 Å². The van der Waals surface area contributed by atoms with Crippen molar-refractivity contribution in [1.29, 1.82) is 0 Å². The van der Waals surface area contributed by atoms with E-state index in [0.717, 1.165) is 37.3 Å². The Morgan fingerprint density at radius 1 is 1.16 bits per heavy atom. The van der Waals surface area contributed by atoms with Gasteiger partial charge in [-0.25, -0.2) is 22.4 Å². The molecule has 2 aromatic rings. The van der Waals surface area contributed by atoms with Crippen molar-refractivity contribution in [3.05, 3.63) is 45.9 Å². The minimum Gasteiger partial charge on any atom is -0.484 e. The van der Waals surface area contributed by atoms with E-state index in [9.17, 15) is 22.4 Å². The van der Waals surface area contributed by atoms with Crippen molar-refractivity contribution in [2.75, 3.05) is 11.4 Å². The molecule has 10 heteroatoms. The predicted octanol–water partition coefficient (Wildman–Crippen LogP) is 3.65. The fourth-order valence-electron chi connectivity index (χ4n) is 4.64. The molecule has 3 aliphatic rings. The zero-order valence-corrected chi connectivity index (χ0v) is 16.6. The summed E-state index contributed by atoms with van der Waals surface area (Å²) in [5.41, 5.74) is -0.253. The van der Waals surface area contributed by atoms with E-state index in [1.54, 1.807) is 10.6 Å². The molecular weight excluding hydrogens is 418 g/mol. The molecule has 3 heterocycles. The average Bonchev–Trinajstić information content (AvgIpc) is 3.38. The van der Waals surface area contributed by atoms with E-state index in [-0.39, 0.29) is 30.9 Å². The molecule has 1 saturated carbocycles. The molecule has 0 N–H and O–H groups in total. The van der Waals surface area contributed by atoms with E-state index in [1.807, 2.05) is 0 Å². The normalized spacial score (nSPS) is 23.7. The van der Waals surface area contributed by atoms with Gasteiger partial charge in [0.05, 0.1) is 0 Å². The van der Waals surface area contributed by atoms with Crippen molar-refractivity contribution >= 4 is 5.82 Å². The third-order valence-corrected chi connectivity index (χ3v) is 6.12. The molecule has 2 unspecified atom stereocenters. The second-order valence-electron chi connectivity index (χ2n) is 8.35. The van der Waals surface area contributed by atoms with E-state index in [0.29, 0.717) is 12.6 Å². The molecule has 1 aromatic heterocycles. The lowest BCUT2D eigenvalue weighted by atomic mass is 10.2. The van der Waals surface area contributed by atoms with Crippen LogP contribution in [0, 0.1) is 11.6 Å². The fraction of sp³-hybridized carbons (Fsp3) is 0.524. The Bertz CT molecular complexity index is 1050. The van der Waals surface area contributed by atoms with E-state index in [4.69, 9.17) is 9.47 Å². The number of aromatic nitrogens is 2. The van der Waals surface area contributed by atoms with Gasteiger partial charge in [-0.05, 0) is 37.0 Å². The van der Waals surface area contributed by atoms with Crippen LogP contribution in [0.25, 0.3) is 0 Å². The number of nitrogens with zero attached hydrogens (tertiary/aromatic N) is 3. The third-order valence-electron chi connectivity index (χ3n) is 6.12. The topological polar surface area (TPSA) is 56.6 Å². The number of halogens is 4. The van der Waals surface area contributed by atoms with Gasteiger partial charge >= 0.3 is 5.69 Å². The number of ether oxygens (including phenoxy) is 2. The molecule has 0 bridgehead atoms. The minimum absolute atomic E-state index is 0.0359. The van der Waals surface area contributed by atoms with Crippen LogP contribution in [0.5, 0.6) is 11.6 Å². The van der Waals surface area contributed by atoms with E-state index in [1.165, 1.54) is 0 Å². The Balaban J connectivity index is 1.29. The van der Waals surface area contributed by atoms with Gasteiger partial charge < -0.3 is 14.4 Å². The molecule has 1 saturated heterocycles. The number of fused-ring (bicyclic) bond motifs is 3. The van der Waals surface area contributed by atoms with Gasteiger partial charge in [-0.15, -0.1) is 0 Å². The van der Waals surface area contributed by atoms with Gasteiger partial charge in [0, 0.05) is 38.0 Å². The Hall–Kier alpha value is -2.78. The van der Waals surface area contributed by atoms with Crippen molar-refractivity contribution in [2.45, 2.75) is 63.3 Å². The number of alkyl halides is 2. The second kappa shape index (κ2) is 7.42. The predicted molar refractivity (Wildman–Crippen MR) is 103 cm³/mol. The Kier molecular flexibility index (Phi) is 4.82. The largest absolute Gasteiger partial charge is 0.484 e. The summed E-state index contributed by atoms with van der Waals surface area (Å²) in [5, 5.41) is 0. The van der Waals surface area contributed by atoms with Crippen LogP contribution in [0.15, 0.2) is 23.0 Å². The molecule has 0 radical (unpaired) electrons. The van der Waals surface area contributed by atoms with Crippen molar-refractivity contribution in [1.82, 2.24) is 9.55 Å². The van der Waals surface area contributed by atoms with Crippen LogP contribution in [0.4, 0.5) is 23.4 Å². The summed E-state index contributed by atoms with van der Waals surface area (Å²) in [6.45, 7) is 1.25. The van der Waals surface area contributed by atoms with E-state index < -0.39 is 41.5 Å². The van der Waals surface area contributed by atoms with E-state index >= 15 is 0 Å². The van der Waals surface area contributed by atoms with Gasteiger partial charge in [0.15, 0.2) is 17.4 Å². The number of rotatable bonds is 5. The van der Waals surface area contributed by atoms with Crippen LogP contribution in [0.1, 0.15) is 37.7 Å². The molecule has 0 spiro atoms. The number of benzene rings is 1. The molecule has 1 aromatic carbocycles. The highest BCUT2D eigenvalue weighted by molar-refractivity contribution is 5.48. The van der Waals surface area contributed by atoms with Gasteiger partial charge in [0.25, 0.3) is 5.92 Å². The first kappa shape index (κ1) is 20.1. The first-order valence-corrected chi connectivity index (χ1v) is 10.3. The summed E-state index contributed by atoms with van der Waals surface area (Å²) in [4.78, 5) is 18.3. The summed E-state index contributed by atoms with van der Waals surface area (Å²) < 4.78 is 67.7. The lowest BCUT2D eigenvalue weighted by molar-refractivity contribution is -0.00168. The van der Waals surface area contributed by atoms with Crippen LogP contribution in [0.3, 0.4) is 0 Å². The monoisotopic (exact) mass is 439 g/mol. The lowest BCUT2D eigenvalue weighted by Crippen LogP contribution is -2.24. The SMILES string of the molecule is O=c1nc(OCc2cc(F)c(OC3CCC(F)(F)C3)c(F)c2)cc2n1CC1CCCN21. The Labute approximate surface area is 175 Å². The highest BCUT2D eigenvalue weighted by Crippen LogP contribution is 2.38. The first-order chi connectivity index (χ1) is 14.8. The summed E-state index contributed by atoms with van der Waals surface area (Å²) in [5.74, 6) is -4.70. The number of anilines is 1. The van der Waals surface area contributed by atoms with Crippen LogP contribution in [-0.4, -0.2) is 34.2 Å². The molecule has 166 valence electrons. The van der Waals surface area contributed by atoms with Crippen molar-refractivity contribution in [2.24, 2.45) is 0 Å². The van der Waals surface area contributed by atoms with Gasteiger partial charge in [-0.1, -0.05) is 0 Å². The summed E-state index contributed by atoms with van der Waals surface area (Å²) in [7, 11) is 0.